The first kappa shape index (κ1) is 11.6. The molecule has 0 fully saturated rings. The first-order chi connectivity index (χ1) is 7.38. The summed E-state index contributed by atoms with van der Waals surface area (Å²) in [7, 11) is 0. The highest BCUT2D eigenvalue weighted by molar-refractivity contribution is 9.10. The molecule has 0 aliphatic rings. The summed E-state index contributed by atoms with van der Waals surface area (Å²) in [5, 5.41) is 1.20. The smallest absolute Gasteiger partial charge is 0.0743 e. The minimum absolute atomic E-state index is 0.114. The first-order valence-corrected chi connectivity index (χ1v) is 6.24. The zero-order valence-corrected chi connectivity index (χ0v) is 11.7. The maximum atomic E-state index is 4.66. The van der Waals surface area contributed by atoms with Crippen molar-refractivity contribution < 1.29 is 0 Å². The van der Waals surface area contributed by atoms with E-state index in [1.807, 2.05) is 6.92 Å². The van der Waals surface area contributed by atoms with E-state index in [1.54, 1.807) is 0 Å². The van der Waals surface area contributed by atoms with Crippen molar-refractivity contribution in [2.24, 2.45) is 0 Å². The number of aromatic nitrogens is 1. The van der Waals surface area contributed by atoms with Gasteiger partial charge in [0.25, 0.3) is 0 Å². The molecule has 0 aliphatic heterocycles. The molecule has 0 saturated heterocycles. The maximum Gasteiger partial charge on any atom is 0.0743 e. The van der Waals surface area contributed by atoms with Crippen LogP contribution in [-0.2, 0) is 5.41 Å². The van der Waals surface area contributed by atoms with E-state index >= 15 is 0 Å². The summed E-state index contributed by atoms with van der Waals surface area (Å²) in [6, 6.07) is 8.49. The third kappa shape index (κ3) is 2.12. The second kappa shape index (κ2) is 3.85. The van der Waals surface area contributed by atoms with Crippen molar-refractivity contribution in [1.29, 1.82) is 0 Å². The monoisotopic (exact) mass is 277 g/mol. The van der Waals surface area contributed by atoms with Crippen molar-refractivity contribution >= 4 is 26.8 Å². The van der Waals surface area contributed by atoms with Gasteiger partial charge in [0.2, 0.25) is 0 Å². The second-order valence-electron chi connectivity index (χ2n) is 5.23. The lowest BCUT2D eigenvalue weighted by atomic mass is 9.85. The highest BCUT2D eigenvalue weighted by atomic mass is 79.9. The third-order valence-electron chi connectivity index (χ3n) is 2.70. The van der Waals surface area contributed by atoms with Crippen LogP contribution in [0.5, 0.6) is 0 Å². The summed E-state index contributed by atoms with van der Waals surface area (Å²) in [6.07, 6.45) is 0. The molecule has 1 heterocycles. The second-order valence-corrected chi connectivity index (χ2v) is 6.14. The van der Waals surface area contributed by atoms with Gasteiger partial charge in [-0.25, -0.2) is 0 Å². The summed E-state index contributed by atoms with van der Waals surface area (Å²) < 4.78 is 1.12. The van der Waals surface area contributed by atoms with E-state index in [2.05, 4.69) is 66.0 Å². The van der Waals surface area contributed by atoms with Crippen LogP contribution in [0, 0.1) is 6.92 Å². The molecule has 0 N–H and O–H groups in total. The number of nitrogens with zero attached hydrogens (tertiary/aromatic N) is 1. The molecule has 0 unspecified atom stereocenters. The Hall–Kier alpha value is -0.890. The van der Waals surface area contributed by atoms with Gasteiger partial charge >= 0.3 is 0 Å². The van der Waals surface area contributed by atoms with Crippen LogP contribution in [0.25, 0.3) is 10.9 Å². The molecule has 1 aromatic heterocycles. The molecular formula is C14H16BrN. The SMILES string of the molecule is Cc1ccc2cc(Br)cc(C(C)(C)C)c2n1. The van der Waals surface area contributed by atoms with Crippen LogP contribution in [0.2, 0.25) is 0 Å². The van der Waals surface area contributed by atoms with E-state index in [-0.39, 0.29) is 5.41 Å². The predicted molar refractivity (Wildman–Crippen MR) is 72.9 cm³/mol. The molecule has 84 valence electrons. The lowest BCUT2D eigenvalue weighted by Gasteiger charge is -2.21. The average Bonchev–Trinajstić information content (AvgIpc) is 2.16. The normalized spacial score (nSPS) is 12.1. The van der Waals surface area contributed by atoms with Gasteiger partial charge in [0.05, 0.1) is 5.52 Å². The number of pyridine rings is 1. The molecule has 0 amide bonds. The number of benzene rings is 1. The molecule has 2 rings (SSSR count). The Labute approximate surface area is 105 Å². The van der Waals surface area contributed by atoms with Crippen molar-refractivity contribution in [3.63, 3.8) is 0 Å². The van der Waals surface area contributed by atoms with E-state index in [4.69, 9.17) is 0 Å². The Balaban J connectivity index is 2.85. The first-order valence-electron chi connectivity index (χ1n) is 5.45. The van der Waals surface area contributed by atoms with Crippen molar-refractivity contribution in [2.45, 2.75) is 33.1 Å². The lowest BCUT2D eigenvalue weighted by Crippen LogP contribution is -2.12. The number of hydrogen-bond donors (Lipinski definition) is 0. The molecule has 2 heteroatoms. The van der Waals surface area contributed by atoms with Crippen LogP contribution in [0.15, 0.2) is 28.7 Å². The van der Waals surface area contributed by atoms with Crippen molar-refractivity contribution in [3.8, 4) is 0 Å². The molecule has 0 bridgehead atoms. The van der Waals surface area contributed by atoms with Gasteiger partial charge in [0.1, 0.15) is 0 Å². The van der Waals surface area contributed by atoms with E-state index in [0.29, 0.717) is 0 Å². The molecule has 2 aromatic rings. The molecule has 0 atom stereocenters. The molecule has 16 heavy (non-hydrogen) atoms. The van der Waals surface area contributed by atoms with Crippen LogP contribution in [0.1, 0.15) is 32.0 Å². The van der Waals surface area contributed by atoms with Crippen LogP contribution in [0.3, 0.4) is 0 Å². The Bertz CT molecular complexity index is 538. The van der Waals surface area contributed by atoms with Gasteiger partial charge in [-0.15, -0.1) is 0 Å². The van der Waals surface area contributed by atoms with Gasteiger partial charge in [0.15, 0.2) is 0 Å². The van der Waals surface area contributed by atoms with E-state index in [9.17, 15) is 0 Å². The van der Waals surface area contributed by atoms with E-state index < -0.39 is 0 Å². The van der Waals surface area contributed by atoms with Gasteiger partial charge in [-0.3, -0.25) is 4.98 Å². The fraction of sp³-hybridized carbons (Fsp3) is 0.357. The number of aryl methyl sites for hydroxylation is 1. The molecule has 1 aromatic carbocycles. The van der Waals surface area contributed by atoms with E-state index in [0.717, 1.165) is 15.7 Å². The average molecular weight is 278 g/mol. The summed E-state index contributed by atoms with van der Waals surface area (Å²) in [4.78, 5) is 4.66. The minimum atomic E-state index is 0.114. The Kier molecular flexibility index (Phi) is 2.79. The van der Waals surface area contributed by atoms with Gasteiger partial charge in [-0.1, -0.05) is 42.8 Å². The van der Waals surface area contributed by atoms with Crippen molar-refractivity contribution in [1.82, 2.24) is 4.98 Å². The number of halogens is 1. The Morgan fingerprint density at radius 3 is 2.44 bits per heavy atom. The summed E-state index contributed by atoms with van der Waals surface area (Å²) in [6.45, 7) is 8.70. The topological polar surface area (TPSA) is 12.9 Å². The summed E-state index contributed by atoms with van der Waals surface area (Å²) in [5.41, 5.74) is 3.60. The fourth-order valence-corrected chi connectivity index (χ4v) is 2.34. The fourth-order valence-electron chi connectivity index (χ4n) is 1.87. The summed E-state index contributed by atoms with van der Waals surface area (Å²) in [5.74, 6) is 0. The van der Waals surface area contributed by atoms with Crippen LogP contribution in [0.4, 0.5) is 0 Å². The van der Waals surface area contributed by atoms with Crippen LogP contribution < -0.4 is 0 Å². The van der Waals surface area contributed by atoms with Gasteiger partial charge in [-0.2, -0.15) is 0 Å². The minimum Gasteiger partial charge on any atom is -0.253 e. The highest BCUT2D eigenvalue weighted by Gasteiger charge is 2.18. The zero-order valence-electron chi connectivity index (χ0n) is 10.1. The highest BCUT2D eigenvalue weighted by Crippen LogP contribution is 2.32. The Morgan fingerprint density at radius 2 is 1.81 bits per heavy atom. The maximum absolute atomic E-state index is 4.66. The van der Waals surface area contributed by atoms with Crippen molar-refractivity contribution in [3.05, 3.63) is 40.0 Å². The molecule has 0 saturated carbocycles. The number of hydrogen-bond acceptors (Lipinski definition) is 1. The molecule has 1 nitrogen and oxygen atoms in total. The standard InChI is InChI=1S/C14H16BrN/c1-9-5-6-10-7-11(15)8-12(13(10)16-9)14(2,3)4/h5-8H,1-4H3. The summed E-state index contributed by atoms with van der Waals surface area (Å²) >= 11 is 3.57. The molecule has 0 aliphatic carbocycles. The van der Waals surface area contributed by atoms with E-state index in [1.165, 1.54) is 10.9 Å². The van der Waals surface area contributed by atoms with Crippen LogP contribution in [-0.4, -0.2) is 4.98 Å². The Morgan fingerprint density at radius 1 is 1.12 bits per heavy atom. The largest absolute Gasteiger partial charge is 0.253 e. The van der Waals surface area contributed by atoms with Crippen LogP contribution >= 0.6 is 15.9 Å². The predicted octanol–water partition coefficient (Wildman–Crippen LogP) is 4.60. The zero-order chi connectivity index (χ0) is 11.9. The number of fused-ring (bicyclic) bond motifs is 1. The molecular weight excluding hydrogens is 262 g/mol. The van der Waals surface area contributed by atoms with Gasteiger partial charge in [0, 0.05) is 15.6 Å². The third-order valence-corrected chi connectivity index (χ3v) is 3.16. The quantitative estimate of drug-likeness (QED) is 0.686. The van der Waals surface area contributed by atoms with Gasteiger partial charge in [-0.05, 0) is 36.1 Å². The van der Waals surface area contributed by atoms with Gasteiger partial charge < -0.3 is 0 Å². The number of rotatable bonds is 0. The molecule has 0 radical (unpaired) electrons. The lowest BCUT2D eigenvalue weighted by molar-refractivity contribution is 0.594. The van der Waals surface area contributed by atoms with Crippen molar-refractivity contribution in [2.75, 3.05) is 0 Å². The molecule has 0 spiro atoms.